The molecule has 0 amide bonds. The lowest BCUT2D eigenvalue weighted by Crippen LogP contribution is -2.41. The Morgan fingerprint density at radius 2 is 1.54 bits per heavy atom. The summed E-state index contributed by atoms with van der Waals surface area (Å²) in [5.74, 6) is -0.463. The van der Waals surface area contributed by atoms with Crippen molar-refractivity contribution in [1.82, 2.24) is 0 Å². The highest BCUT2D eigenvalue weighted by atomic mass is 16.7. The molecule has 8 heteroatoms. The van der Waals surface area contributed by atoms with Crippen molar-refractivity contribution in [2.45, 2.75) is 86.0 Å². The Kier molecular flexibility index (Phi) is 5.65. The highest BCUT2D eigenvalue weighted by Gasteiger charge is 2.53. The number of carbonyl (C=O) groups excluding carboxylic acids is 1. The second-order valence-corrected chi connectivity index (χ2v) is 9.29. The molecule has 152 valence electrons. The maximum atomic E-state index is 13.0. The fourth-order valence-corrected chi connectivity index (χ4v) is 3.37. The predicted molar refractivity (Wildman–Crippen MR) is 110 cm³/mol. The molecule has 1 aliphatic rings. The third-order valence-electron chi connectivity index (χ3n) is 5.51. The molecule has 7 nitrogen and oxygen atoms in total. The van der Waals surface area contributed by atoms with Crippen molar-refractivity contribution in [2.24, 2.45) is 5.11 Å². The van der Waals surface area contributed by atoms with Gasteiger partial charge < -0.3 is 14.0 Å². The van der Waals surface area contributed by atoms with Crippen LogP contribution in [0.25, 0.3) is 10.4 Å². The normalized spacial score (nSPS) is 18.0. The van der Waals surface area contributed by atoms with Gasteiger partial charge >= 0.3 is 13.1 Å². The third kappa shape index (κ3) is 3.90. The highest BCUT2D eigenvalue weighted by molar-refractivity contribution is 6.63. The number of hydrogen-bond acceptors (Lipinski definition) is 5. The van der Waals surface area contributed by atoms with Crippen LogP contribution in [0.3, 0.4) is 0 Å². The maximum Gasteiger partial charge on any atom is 0.495 e. The van der Waals surface area contributed by atoms with Crippen molar-refractivity contribution in [2.75, 3.05) is 0 Å². The molecule has 0 aliphatic carbocycles. The SMILES string of the molecule is Cc1c(N=[N+]=[N-])c(C)c(C(=O)OC(C)(C)C)c(C)c1B1OC(C)(C)C(C)(C)O1. The molecule has 1 heterocycles. The van der Waals surface area contributed by atoms with Gasteiger partial charge in [-0.1, -0.05) is 5.11 Å². The topological polar surface area (TPSA) is 93.5 Å². The molecule has 0 unspecified atom stereocenters. The summed E-state index contributed by atoms with van der Waals surface area (Å²) in [5, 5.41) is 3.85. The molecule has 0 saturated carbocycles. The molecule has 1 saturated heterocycles. The van der Waals surface area contributed by atoms with Crippen LogP contribution in [0.1, 0.15) is 75.5 Å². The molecule has 1 aliphatic heterocycles. The van der Waals surface area contributed by atoms with E-state index in [0.717, 1.165) is 5.56 Å². The second-order valence-electron chi connectivity index (χ2n) is 9.29. The van der Waals surface area contributed by atoms with E-state index in [0.29, 0.717) is 27.8 Å². The molecule has 1 aromatic rings. The molecule has 0 atom stereocenters. The van der Waals surface area contributed by atoms with Crippen LogP contribution < -0.4 is 5.46 Å². The number of ether oxygens (including phenoxy) is 1. The van der Waals surface area contributed by atoms with Crippen LogP contribution in [-0.2, 0) is 14.0 Å². The van der Waals surface area contributed by atoms with E-state index >= 15 is 0 Å². The fourth-order valence-electron chi connectivity index (χ4n) is 3.37. The second kappa shape index (κ2) is 7.10. The minimum Gasteiger partial charge on any atom is -0.456 e. The van der Waals surface area contributed by atoms with Crippen molar-refractivity contribution in [3.63, 3.8) is 0 Å². The minimum absolute atomic E-state index is 0.382. The first-order chi connectivity index (χ1) is 12.6. The summed E-state index contributed by atoms with van der Waals surface area (Å²) in [5.41, 5.74) is 10.8. The van der Waals surface area contributed by atoms with Crippen molar-refractivity contribution < 1.29 is 18.8 Å². The van der Waals surface area contributed by atoms with E-state index < -0.39 is 29.9 Å². The van der Waals surface area contributed by atoms with E-state index in [1.807, 2.05) is 62.3 Å². The Balaban J connectivity index is 2.74. The number of azide groups is 1. The highest BCUT2D eigenvalue weighted by Crippen LogP contribution is 2.39. The summed E-state index contributed by atoms with van der Waals surface area (Å²) in [4.78, 5) is 15.9. The van der Waals surface area contributed by atoms with E-state index in [-0.39, 0.29) is 0 Å². The Bertz CT molecular complexity index is 849. The molecule has 0 aromatic heterocycles. The molecule has 0 bridgehead atoms. The van der Waals surface area contributed by atoms with Crippen LogP contribution in [0, 0.1) is 20.8 Å². The lowest BCUT2D eigenvalue weighted by molar-refractivity contribution is 0.00578. The third-order valence-corrected chi connectivity index (χ3v) is 5.51. The van der Waals surface area contributed by atoms with Gasteiger partial charge in [-0.15, -0.1) is 0 Å². The van der Waals surface area contributed by atoms with Crippen LogP contribution in [0.4, 0.5) is 5.69 Å². The van der Waals surface area contributed by atoms with Gasteiger partial charge in [-0.25, -0.2) is 4.79 Å². The standard InChI is InChI=1S/C20H30BN3O4/c1-11-14(17(25)26-18(4,5)6)12(2)16(23-24-22)13(3)15(11)21-27-19(7,8)20(9,10)28-21/h1-10H3. The zero-order chi connectivity index (χ0) is 21.7. The van der Waals surface area contributed by atoms with Crippen LogP contribution in [0.15, 0.2) is 5.11 Å². The van der Waals surface area contributed by atoms with Gasteiger partial charge in [0.1, 0.15) is 5.60 Å². The van der Waals surface area contributed by atoms with Gasteiger partial charge in [-0.2, -0.15) is 0 Å². The molecular formula is C20H30BN3O4. The van der Waals surface area contributed by atoms with E-state index in [1.165, 1.54) is 0 Å². The van der Waals surface area contributed by atoms with Crippen molar-refractivity contribution >= 4 is 24.2 Å². The monoisotopic (exact) mass is 387 g/mol. The molecule has 1 aromatic carbocycles. The number of rotatable bonds is 3. The number of hydrogen-bond donors (Lipinski definition) is 0. The summed E-state index contributed by atoms with van der Waals surface area (Å²) < 4.78 is 18.0. The summed E-state index contributed by atoms with van der Waals surface area (Å²) in [6.45, 7) is 18.8. The molecule has 28 heavy (non-hydrogen) atoms. The van der Waals surface area contributed by atoms with E-state index in [1.54, 1.807) is 6.92 Å². The van der Waals surface area contributed by atoms with Crippen molar-refractivity contribution in [1.29, 1.82) is 0 Å². The van der Waals surface area contributed by atoms with Gasteiger partial charge in [0.15, 0.2) is 0 Å². The first kappa shape index (κ1) is 22.3. The van der Waals surface area contributed by atoms with Gasteiger partial charge in [-0.05, 0) is 96.9 Å². The van der Waals surface area contributed by atoms with Gasteiger partial charge in [0.2, 0.25) is 0 Å². The fraction of sp³-hybridized carbons (Fsp3) is 0.650. The summed E-state index contributed by atoms with van der Waals surface area (Å²) in [6.07, 6.45) is 0. The molecule has 0 spiro atoms. The average molecular weight is 387 g/mol. The number of benzene rings is 1. The Labute approximate surface area is 167 Å². The average Bonchev–Trinajstić information content (AvgIpc) is 2.69. The Morgan fingerprint density at radius 3 is 1.96 bits per heavy atom. The van der Waals surface area contributed by atoms with Crippen LogP contribution in [0.2, 0.25) is 0 Å². The molecule has 0 radical (unpaired) electrons. The molecular weight excluding hydrogens is 357 g/mol. The largest absolute Gasteiger partial charge is 0.495 e. The summed E-state index contributed by atoms with van der Waals surface area (Å²) >= 11 is 0. The van der Waals surface area contributed by atoms with Gasteiger partial charge in [0, 0.05) is 10.6 Å². The zero-order valence-corrected chi connectivity index (χ0v) is 18.6. The summed E-state index contributed by atoms with van der Waals surface area (Å²) in [6, 6.07) is 0. The first-order valence-corrected chi connectivity index (χ1v) is 9.40. The lowest BCUT2D eigenvalue weighted by Gasteiger charge is -2.32. The van der Waals surface area contributed by atoms with Gasteiger partial charge in [0.05, 0.1) is 16.8 Å². The quantitative estimate of drug-likeness (QED) is 0.245. The summed E-state index contributed by atoms with van der Waals surface area (Å²) in [7, 11) is -0.681. The van der Waals surface area contributed by atoms with Crippen LogP contribution in [-0.4, -0.2) is 29.9 Å². The van der Waals surface area contributed by atoms with Crippen LogP contribution >= 0.6 is 0 Å². The van der Waals surface area contributed by atoms with Crippen LogP contribution in [0.5, 0.6) is 0 Å². The van der Waals surface area contributed by atoms with Crippen molar-refractivity contribution in [3.8, 4) is 0 Å². The van der Waals surface area contributed by atoms with Gasteiger partial charge in [0.25, 0.3) is 0 Å². The maximum absolute atomic E-state index is 13.0. The number of esters is 1. The number of nitrogens with zero attached hydrogens (tertiary/aromatic N) is 3. The zero-order valence-electron chi connectivity index (χ0n) is 18.6. The van der Waals surface area contributed by atoms with Gasteiger partial charge in [-0.3, -0.25) is 0 Å². The minimum atomic E-state index is -0.681. The Hall–Kier alpha value is -2.02. The molecule has 0 N–H and O–H groups in total. The number of carbonyl (C=O) groups is 1. The molecule has 1 fully saturated rings. The first-order valence-electron chi connectivity index (χ1n) is 9.40. The Morgan fingerprint density at radius 1 is 1.04 bits per heavy atom. The lowest BCUT2D eigenvalue weighted by atomic mass is 9.71. The molecule has 2 rings (SSSR count). The van der Waals surface area contributed by atoms with E-state index in [4.69, 9.17) is 19.6 Å². The predicted octanol–water partition coefficient (Wildman–Crippen LogP) is 4.81. The van der Waals surface area contributed by atoms with E-state index in [9.17, 15) is 4.79 Å². The van der Waals surface area contributed by atoms with E-state index in [2.05, 4.69) is 10.0 Å². The smallest absolute Gasteiger partial charge is 0.456 e. The van der Waals surface area contributed by atoms with Crippen molar-refractivity contribution in [3.05, 3.63) is 32.7 Å².